The van der Waals surface area contributed by atoms with Crippen LogP contribution in [0.4, 0.5) is 14.5 Å². The fourth-order valence-corrected chi connectivity index (χ4v) is 2.61. The lowest BCUT2D eigenvalue weighted by Gasteiger charge is -2.46. The van der Waals surface area contributed by atoms with Crippen molar-refractivity contribution in [3.63, 3.8) is 0 Å². The zero-order valence-corrected chi connectivity index (χ0v) is 11.8. The van der Waals surface area contributed by atoms with Crippen molar-refractivity contribution >= 4 is 27.5 Å². The van der Waals surface area contributed by atoms with E-state index in [0.717, 1.165) is 9.37 Å². The summed E-state index contributed by atoms with van der Waals surface area (Å²) in [5.41, 5.74) is 0.901. The van der Waals surface area contributed by atoms with Crippen molar-refractivity contribution in [1.82, 2.24) is 0 Å². The number of rotatable bonds is 2. The Balaban J connectivity index is 2.02. The van der Waals surface area contributed by atoms with Crippen LogP contribution in [0.2, 0.25) is 0 Å². The Bertz CT molecular complexity index is 643. The Morgan fingerprint density at radius 2 is 1.60 bits per heavy atom. The second-order valence-electron chi connectivity index (χ2n) is 4.59. The Morgan fingerprint density at radius 3 is 2.20 bits per heavy atom. The number of halogens is 3. The van der Waals surface area contributed by atoms with Crippen LogP contribution in [0.1, 0.15) is 11.6 Å². The molecule has 1 saturated heterocycles. The smallest absolute Gasteiger partial charge is 0.293 e. The monoisotopic (exact) mass is 337 g/mol. The summed E-state index contributed by atoms with van der Waals surface area (Å²) >= 11 is 3.27. The summed E-state index contributed by atoms with van der Waals surface area (Å²) in [5.74, 6) is -4.51. The minimum absolute atomic E-state index is 0.418. The minimum atomic E-state index is -3.36. The number of anilines is 1. The molecule has 1 aliphatic rings. The molecular formula is C15H10BrF2NO. The highest BCUT2D eigenvalue weighted by molar-refractivity contribution is 9.10. The summed E-state index contributed by atoms with van der Waals surface area (Å²) in [6.07, 6.45) is 0. The van der Waals surface area contributed by atoms with Crippen molar-refractivity contribution in [3.8, 4) is 0 Å². The average Bonchev–Trinajstić information content (AvgIpc) is 2.46. The molecule has 0 N–H and O–H groups in total. The lowest BCUT2D eigenvalue weighted by molar-refractivity contribution is -0.162. The second-order valence-corrected chi connectivity index (χ2v) is 5.50. The number of carbonyl (C=O) groups is 1. The first-order valence-corrected chi connectivity index (χ1v) is 6.83. The highest BCUT2D eigenvalue weighted by atomic mass is 79.9. The molecule has 1 aliphatic heterocycles. The molecule has 3 rings (SSSR count). The average molecular weight is 338 g/mol. The van der Waals surface area contributed by atoms with Crippen LogP contribution in [0.5, 0.6) is 0 Å². The minimum Gasteiger partial charge on any atom is -0.293 e. The highest BCUT2D eigenvalue weighted by Crippen LogP contribution is 2.49. The van der Waals surface area contributed by atoms with Gasteiger partial charge in [-0.15, -0.1) is 0 Å². The summed E-state index contributed by atoms with van der Waals surface area (Å²) in [4.78, 5) is 12.8. The molecule has 2 aromatic carbocycles. The third-order valence-corrected chi connectivity index (χ3v) is 3.85. The number of nitrogens with zero attached hydrogens (tertiary/aromatic N) is 1. The van der Waals surface area contributed by atoms with Gasteiger partial charge in [0.25, 0.3) is 0 Å². The van der Waals surface area contributed by atoms with Gasteiger partial charge < -0.3 is 0 Å². The van der Waals surface area contributed by atoms with E-state index in [9.17, 15) is 13.6 Å². The van der Waals surface area contributed by atoms with Gasteiger partial charge in [0.05, 0.1) is 0 Å². The predicted molar refractivity (Wildman–Crippen MR) is 75.8 cm³/mol. The fourth-order valence-electron chi connectivity index (χ4n) is 2.35. The zero-order valence-electron chi connectivity index (χ0n) is 10.3. The largest absolute Gasteiger partial charge is 0.349 e. The summed E-state index contributed by atoms with van der Waals surface area (Å²) in [5, 5.41) is 0. The van der Waals surface area contributed by atoms with Crippen LogP contribution in [0.15, 0.2) is 59.1 Å². The van der Waals surface area contributed by atoms with Crippen molar-refractivity contribution in [1.29, 1.82) is 0 Å². The first kappa shape index (κ1) is 13.2. The van der Waals surface area contributed by atoms with Crippen molar-refractivity contribution in [3.05, 3.63) is 64.6 Å². The first-order chi connectivity index (χ1) is 9.51. The number of hydrogen-bond donors (Lipinski definition) is 0. The van der Waals surface area contributed by atoms with Gasteiger partial charge in [0.1, 0.15) is 6.04 Å². The Hall–Kier alpha value is -1.75. The first-order valence-electron chi connectivity index (χ1n) is 6.04. The van der Waals surface area contributed by atoms with Gasteiger partial charge in [-0.05, 0) is 29.8 Å². The summed E-state index contributed by atoms with van der Waals surface area (Å²) in [7, 11) is 0. The molecule has 1 amide bonds. The molecule has 0 unspecified atom stereocenters. The molecular weight excluding hydrogens is 328 g/mol. The molecule has 0 spiro atoms. The molecule has 0 aromatic heterocycles. The maximum atomic E-state index is 13.9. The van der Waals surface area contributed by atoms with E-state index < -0.39 is 17.9 Å². The Morgan fingerprint density at radius 1 is 1.00 bits per heavy atom. The van der Waals surface area contributed by atoms with Crippen molar-refractivity contribution in [2.75, 3.05) is 4.90 Å². The number of benzene rings is 2. The molecule has 0 bridgehead atoms. The molecule has 5 heteroatoms. The van der Waals surface area contributed by atoms with Crippen molar-refractivity contribution < 1.29 is 13.6 Å². The van der Waals surface area contributed by atoms with Crippen LogP contribution in [0, 0.1) is 0 Å². The molecule has 2 aromatic rings. The van der Waals surface area contributed by atoms with Gasteiger partial charge in [-0.2, -0.15) is 8.78 Å². The molecule has 0 saturated carbocycles. The van der Waals surface area contributed by atoms with E-state index in [1.165, 1.54) is 0 Å². The third-order valence-electron chi connectivity index (χ3n) is 3.33. The van der Waals surface area contributed by atoms with Gasteiger partial charge in [0.15, 0.2) is 0 Å². The van der Waals surface area contributed by atoms with Crippen molar-refractivity contribution in [2.24, 2.45) is 0 Å². The van der Waals surface area contributed by atoms with Gasteiger partial charge in [-0.25, -0.2) is 0 Å². The van der Waals surface area contributed by atoms with Crippen LogP contribution >= 0.6 is 15.9 Å². The van der Waals surface area contributed by atoms with E-state index in [-0.39, 0.29) is 0 Å². The standard InChI is InChI=1S/C15H10BrF2NO/c16-11-8-6-10(7-9-11)13-15(17,18)14(20)19(13)12-4-2-1-3-5-12/h1-9,13H/t13-/m0/s1. The molecule has 1 heterocycles. The lowest BCUT2D eigenvalue weighted by Crippen LogP contribution is -2.64. The van der Waals surface area contributed by atoms with Crippen molar-refractivity contribution in [2.45, 2.75) is 12.0 Å². The molecule has 0 aliphatic carbocycles. The number of amides is 1. The van der Waals surface area contributed by atoms with Gasteiger partial charge in [-0.3, -0.25) is 9.69 Å². The SMILES string of the molecule is O=C1N(c2ccccc2)[C@@H](c2ccc(Br)cc2)C1(F)F. The van der Waals surface area contributed by atoms with Crippen LogP contribution in [-0.2, 0) is 4.79 Å². The van der Waals surface area contributed by atoms with E-state index in [1.54, 1.807) is 54.6 Å². The third kappa shape index (κ3) is 1.93. The molecule has 1 fully saturated rings. The number of carbonyl (C=O) groups excluding carboxylic acids is 1. The number of alkyl halides is 2. The van der Waals surface area contributed by atoms with Gasteiger partial charge in [0, 0.05) is 10.2 Å². The van der Waals surface area contributed by atoms with E-state index in [1.807, 2.05) is 0 Å². The molecule has 102 valence electrons. The van der Waals surface area contributed by atoms with Gasteiger partial charge >= 0.3 is 11.8 Å². The quantitative estimate of drug-likeness (QED) is 0.753. The topological polar surface area (TPSA) is 20.3 Å². The number of β-lactam (4-membered cyclic amide) rings is 1. The number of hydrogen-bond acceptors (Lipinski definition) is 1. The fraction of sp³-hybridized carbons (Fsp3) is 0.133. The van der Waals surface area contributed by atoms with Crippen LogP contribution < -0.4 is 4.90 Å². The van der Waals surface area contributed by atoms with E-state index in [2.05, 4.69) is 15.9 Å². The van der Waals surface area contributed by atoms with E-state index in [4.69, 9.17) is 0 Å². The molecule has 20 heavy (non-hydrogen) atoms. The van der Waals surface area contributed by atoms with Gasteiger partial charge in [0.2, 0.25) is 0 Å². The number of para-hydroxylation sites is 1. The van der Waals surface area contributed by atoms with Crippen LogP contribution in [0.3, 0.4) is 0 Å². The normalized spacial score (nSPS) is 20.6. The van der Waals surface area contributed by atoms with E-state index in [0.29, 0.717) is 11.3 Å². The summed E-state index contributed by atoms with van der Waals surface area (Å²) < 4.78 is 28.6. The summed E-state index contributed by atoms with van der Waals surface area (Å²) in [6, 6.07) is 13.9. The van der Waals surface area contributed by atoms with E-state index >= 15 is 0 Å². The molecule has 0 radical (unpaired) electrons. The highest BCUT2D eigenvalue weighted by Gasteiger charge is 2.64. The molecule has 1 atom stereocenters. The maximum absolute atomic E-state index is 13.9. The second kappa shape index (κ2) is 4.66. The zero-order chi connectivity index (χ0) is 14.3. The predicted octanol–water partition coefficient (Wildman–Crippen LogP) is 4.17. The summed E-state index contributed by atoms with van der Waals surface area (Å²) in [6.45, 7) is 0. The Labute approximate surface area is 123 Å². The lowest BCUT2D eigenvalue weighted by atomic mass is 9.89. The Kier molecular flexibility index (Phi) is 3.09. The molecule has 2 nitrogen and oxygen atoms in total. The maximum Gasteiger partial charge on any atom is 0.349 e. The van der Waals surface area contributed by atoms with Crippen LogP contribution in [-0.4, -0.2) is 11.8 Å². The van der Waals surface area contributed by atoms with Gasteiger partial charge in [-0.1, -0.05) is 46.3 Å². The van der Waals surface area contributed by atoms with Crippen LogP contribution in [0.25, 0.3) is 0 Å².